The van der Waals surface area contributed by atoms with Crippen molar-refractivity contribution in [1.82, 2.24) is 24.6 Å². The van der Waals surface area contributed by atoms with Crippen LogP contribution in [0.15, 0.2) is 47.5 Å². The minimum atomic E-state index is 0.685. The Kier molecular flexibility index (Phi) is 3.79. The fraction of sp³-hybridized carbons (Fsp3) is 0.267. The number of pyridine rings is 1. The van der Waals surface area contributed by atoms with Crippen LogP contribution >= 0.6 is 0 Å². The first-order valence-corrected chi connectivity index (χ1v) is 6.73. The Morgan fingerprint density at radius 3 is 2.71 bits per heavy atom. The molecule has 3 aromatic rings. The molecule has 0 saturated heterocycles. The van der Waals surface area contributed by atoms with E-state index in [0.29, 0.717) is 6.54 Å². The van der Waals surface area contributed by atoms with E-state index in [1.165, 1.54) is 0 Å². The van der Waals surface area contributed by atoms with Gasteiger partial charge in [-0.1, -0.05) is 5.16 Å². The van der Waals surface area contributed by atoms with E-state index in [4.69, 9.17) is 4.52 Å². The standard InChI is InChI=1S/C15H17N5O/c1-19(11-15-17-7-8-20(15)2)10-13-9-14(18-21-13)12-3-5-16-6-4-12/h3-9H,10-11H2,1-2H3. The molecule has 3 aromatic heterocycles. The minimum Gasteiger partial charge on any atom is -0.359 e. The van der Waals surface area contributed by atoms with Crippen molar-refractivity contribution in [3.05, 3.63) is 54.6 Å². The Balaban J connectivity index is 1.66. The monoisotopic (exact) mass is 283 g/mol. The minimum absolute atomic E-state index is 0.685. The predicted octanol–water partition coefficient (Wildman–Crippen LogP) is 2.10. The molecule has 3 heterocycles. The highest BCUT2D eigenvalue weighted by atomic mass is 16.5. The number of hydrogen-bond acceptors (Lipinski definition) is 5. The summed E-state index contributed by atoms with van der Waals surface area (Å²) in [6.07, 6.45) is 7.24. The molecule has 0 radical (unpaired) electrons. The second-order valence-corrected chi connectivity index (χ2v) is 5.04. The van der Waals surface area contributed by atoms with Crippen molar-refractivity contribution in [3.63, 3.8) is 0 Å². The Morgan fingerprint density at radius 2 is 2.00 bits per heavy atom. The summed E-state index contributed by atoms with van der Waals surface area (Å²) in [6.45, 7) is 1.44. The van der Waals surface area contributed by atoms with Gasteiger partial charge in [-0.25, -0.2) is 4.98 Å². The lowest BCUT2D eigenvalue weighted by atomic mass is 10.2. The van der Waals surface area contributed by atoms with Gasteiger partial charge in [-0.3, -0.25) is 9.88 Å². The van der Waals surface area contributed by atoms with Gasteiger partial charge in [0.15, 0.2) is 5.76 Å². The van der Waals surface area contributed by atoms with Crippen LogP contribution in [0.1, 0.15) is 11.6 Å². The maximum Gasteiger partial charge on any atom is 0.151 e. The fourth-order valence-electron chi connectivity index (χ4n) is 2.16. The second-order valence-electron chi connectivity index (χ2n) is 5.04. The van der Waals surface area contributed by atoms with Gasteiger partial charge in [0.25, 0.3) is 0 Å². The Morgan fingerprint density at radius 1 is 1.19 bits per heavy atom. The number of aromatic nitrogens is 4. The number of rotatable bonds is 5. The average molecular weight is 283 g/mol. The third kappa shape index (κ3) is 3.17. The molecule has 21 heavy (non-hydrogen) atoms. The maximum absolute atomic E-state index is 5.40. The van der Waals surface area contributed by atoms with Gasteiger partial charge in [-0.15, -0.1) is 0 Å². The third-order valence-electron chi connectivity index (χ3n) is 3.29. The topological polar surface area (TPSA) is 60.0 Å². The summed E-state index contributed by atoms with van der Waals surface area (Å²) in [4.78, 5) is 10.5. The van der Waals surface area contributed by atoms with Crippen molar-refractivity contribution in [2.45, 2.75) is 13.1 Å². The van der Waals surface area contributed by atoms with Crippen molar-refractivity contribution >= 4 is 0 Å². The number of aryl methyl sites for hydroxylation is 1. The van der Waals surface area contributed by atoms with Gasteiger partial charge in [0.05, 0.1) is 13.1 Å². The average Bonchev–Trinajstić information content (AvgIpc) is 3.10. The SMILES string of the molecule is CN(Cc1cc(-c2ccncc2)no1)Cc1nccn1C. The first kappa shape index (κ1) is 13.5. The van der Waals surface area contributed by atoms with Crippen LogP contribution in [0.4, 0.5) is 0 Å². The Hall–Kier alpha value is -2.47. The van der Waals surface area contributed by atoms with Crippen molar-refractivity contribution in [3.8, 4) is 11.3 Å². The van der Waals surface area contributed by atoms with Crippen molar-refractivity contribution in [1.29, 1.82) is 0 Å². The van der Waals surface area contributed by atoms with Gasteiger partial charge in [0.2, 0.25) is 0 Å². The molecular weight excluding hydrogens is 266 g/mol. The third-order valence-corrected chi connectivity index (χ3v) is 3.29. The van der Waals surface area contributed by atoms with E-state index in [0.717, 1.165) is 29.4 Å². The van der Waals surface area contributed by atoms with E-state index in [2.05, 4.69) is 20.0 Å². The highest BCUT2D eigenvalue weighted by Crippen LogP contribution is 2.18. The zero-order valence-corrected chi connectivity index (χ0v) is 12.1. The zero-order valence-electron chi connectivity index (χ0n) is 12.1. The van der Waals surface area contributed by atoms with Gasteiger partial charge in [0, 0.05) is 43.5 Å². The van der Waals surface area contributed by atoms with E-state index in [-0.39, 0.29) is 0 Å². The molecule has 0 unspecified atom stereocenters. The first-order valence-electron chi connectivity index (χ1n) is 6.73. The maximum atomic E-state index is 5.40. The summed E-state index contributed by atoms with van der Waals surface area (Å²) in [5, 5.41) is 4.10. The number of imidazole rings is 1. The summed E-state index contributed by atoms with van der Waals surface area (Å²) >= 11 is 0. The lowest BCUT2D eigenvalue weighted by molar-refractivity contribution is 0.260. The summed E-state index contributed by atoms with van der Waals surface area (Å²) in [5.41, 5.74) is 1.84. The van der Waals surface area contributed by atoms with E-state index < -0.39 is 0 Å². The molecule has 108 valence electrons. The van der Waals surface area contributed by atoms with Crippen LogP contribution in [-0.4, -0.2) is 31.6 Å². The fourth-order valence-corrected chi connectivity index (χ4v) is 2.16. The van der Waals surface area contributed by atoms with Crippen LogP contribution in [0.25, 0.3) is 11.3 Å². The summed E-state index contributed by atoms with van der Waals surface area (Å²) in [6, 6.07) is 5.79. The predicted molar refractivity (Wildman–Crippen MR) is 78.1 cm³/mol. The van der Waals surface area contributed by atoms with Gasteiger partial charge in [-0.05, 0) is 19.2 Å². The summed E-state index contributed by atoms with van der Waals surface area (Å²) in [7, 11) is 4.02. The van der Waals surface area contributed by atoms with Gasteiger partial charge >= 0.3 is 0 Å². The summed E-state index contributed by atoms with van der Waals surface area (Å²) in [5.74, 6) is 1.85. The summed E-state index contributed by atoms with van der Waals surface area (Å²) < 4.78 is 7.41. The van der Waals surface area contributed by atoms with Crippen molar-refractivity contribution < 1.29 is 4.52 Å². The lowest BCUT2D eigenvalue weighted by Crippen LogP contribution is -2.19. The zero-order chi connectivity index (χ0) is 14.7. The molecule has 6 nitrogen and oxygen atoms in total. The molecule has 0 spiro atoms. The van der Waals surface area contributed by atoms with Crippen molar-refractivity contribution in [2.75, 3.05) is 7.05 Å². The molecule has 3 rings (SSSR count). The Bertz CT molecular complexity index is 704. The first-order chi connectivity index (χ1) is 10.2. The molecule has 0 N–H and O–H groups in total. The van der Waals surface area contributed by atoms with Gasteiger partial charge in [-0.2, -0.15) is 0 Å². The van der Waals surface area contributed by atoms with Crippen LogP contribution < -0.4 is 0 Å². The molecule has 0 aliphatic carbocycles. The molecule has 6 heteroatoms. The van der Waals surface area contributed by atoms with E-state index >= 15 is 0 Å². The smallest absolute Gasteiger partial charge is 0.151 e. The van der Waals surface area contributed by atoms with Gasteiger partial charge in [0.1, 0.15) is 11.5 Å². The Labute approximate surface area is 123 Å². The molecule has 0 aromatic carbocycles. The molecule has 0 aliphatic rings. The van der Waals surface area contributed by atoms with Crippen LogP contribution in [0.5, 0.6) is 0 Å². The number of hydrogen-bond donors (Lipinski definition) is 0. The molecule has 0 aliphatic heterocycles. The van der Waals surface area contributed by atoms with Crippen LogP contribution in [0.2, 0.25) is 0 Å². The van der Waals surface area contributed by atoms with Crippen LogP contribution in [0, 0.1) is 0 Å². The van der Waals surface area contributed by atoms with Crippen molar-refractivity contribution in [2.24, 2.45) is 7.05 Å². The van der Waals surface area contributed by atoms with E-state index in [1.54, 1.807) is 18.6 Å². The highest BCUT2D eigenvalue weighted by molar-refractivity contribution is 5.57. The molecule has 0 atom stereocenters. The quantitative estimate of drug-likeness (QED) is 0.717. The van der Waals surface area contributed by atoms with Crippen LogP contribution in [0.3, 0.4) is 0 Å². The molecule has 0 amide bonds. The lowest BCUT2D eigenvalue weighted by Gasteiger charge is -2.13. The van der Waals surface area contributed by atoms with Crippen LogP contribution in [-0.2, 0) is 20.1 Å². The molecule has 0 fully saturated rings. The van der Waals surface area contributed by atoms with E-state index in [1.807, 2.05) is 43.1 Å². The normalized spacial score (nSPS) is 11.2. The van der Waals surface area contributed by atoms with Gasteiger partial charge < -0.3 is 9.09 Å². The largest absolute Gasteiger partial charge is 0.359 e. The molecular formula is C15H17N5O. The number of nitrogens with zero attached hydrogens (tertiary/aromatic N) is 5. The van der Waals surface area contributed by atoms with E-state index in [9.17, 15) is 0 Å². The molecule has 0 bridgehead atoms. The highest BCUT2D eigenvalue weighted by Gasteiger charge is 2.10. The second kappa shape index (κ2) is 5.88. The molecule has 0 saturated carbocycles.